The molecule has 0 amide bonds. The number of hydrogen-bond donors (Lipinski definition) is 1. The van der Waals surface area contributed by atoms with Gasteiger partial charge in [-0.15, -0.1) is 0 Å². The molecule has 0 aromatic heterocycles. The van der Waals surface area contributed by atoms with E-state index in [-0.39, 0.29) is 0 Å². The number of hydrogen-bond acceptors (Lipinski definition) is 2. The molecule has 1 N–H and O–H groups in total. The number of fused-ring (bicyclic) bond motifs is 6. The van der Waals surface area contributed by atoms with E-state index in [0.29, 0.717) is 5.41 Å². The molecule has 4 rings (SSSR count). The van der Waals surface area contributed by atoms with Crippen molar-refractivity contribution in [2.45, 2.75) is 105 Å². The van der Waals surface area contributed by atoms with Crippen molar-refractivity contribution in [3.8, 4) is 0 Å². The normalized spacial score (nSPS) is 42.0. The Hall–Kier alpha value is -0.790. The molecule has 0 aromatic rings. The van der Waals surface area contributed by atoms with Gasteiger partial charge < -0.3 is 5.21 Å². The molecule has 3 fully saturated rings. The molecular weight excluding hydrogens is 354 g/mol. The average molecular weight is 400 g/mol. The maximum atomic E-state index is 9.28. The van der Waals surface area contributed by atoms with Crippen molar-refractivity contribution < 1.29 is 5.21 Å². The zero-order valence-electron chi connectivity index (χ0n) is 19.5. The van der Waals surface area contributed by atoms with E-state index in [1.807, 2.05) is 0 Å². The lowest BCUT2D eigenvalue weighted by molar-refractivity contribution is 0.0460. The average Bonchev–Trinajstić information content (AvgIpc) is 2.84. The van der Waals surface area contributed by atoms with Gasteiger partial charge in [0, 0.05) is 0 Å². The van der Waals surface area contributed by atoms with E-state index in [2.05, 4.69) is 38.9 Å². The highest BCUT2D eigenvalue weighted by atomic mass is 16.4. The smallest absolute Gasteiger partial charge is 0.0795 e. The summed E-state index contributed by atoms with van der Waals surface area (Å²) in [5, 5.41) is 12.8. The van der Waals surface area contributed by atoms with Crippen LogP contribution in [-0.2, 0) is 0 Å². The van der Waals surface area contributed by atoms with Crippen LogP contribution in [0.4, 0.5) is 0 Å². The second-order valence-electron chi connectivity index (χ2n) is 11.9. The highest BCUT2D eigenvalue weighted by Gasteiger charge is 2.51. The van der Waals surface area contributed by atoms with Crippen molar-refractivity contribution >= 4 is 5.71 Å². The summed E-state index contributed by atoms with van der Waals surface area (Å²) in [5.41, 5.74) is 2.89. The fraction of sp³-hybridized carbons (Fsp3) is 0.889. The number of rotatable bonds is 5. The Morgan fingerprint density at radius 2 is 1.83 bits per heavy atom. The quantitative estimate of drug-likeness (QED) is 0.370. The van der Waals surface area contributed by atoms with E-state index in [1.54, 1.807) is 5.57 Å². The van der Waals surface area contributed by atoms with Gasteiger partial charge in [-0.05, 0) is 111 Å². The van der Waals surface area contributed by atoms with E-state index in [9.17, 15) is 5.21 Å². The summed E-state index contributed by atoms with van der Waals surface area (Å²) in [6.07, 6.45) is 18.8. The van der Waals surface area contributed by atoms with Crippen LogP contribution in [0.2, 0.25) is 0 Å². The van der Waals surface area contributed by atoms with Gasteiger partial charge in [0.1, 0.15) is 0 Å². The molecule has 7 atom stereocenters. The van der Waals surface area contributed by atoms with E-state index in [0.717, 1.165) is 53.6 Å². The number of nitrogens with zero attached hydrogens (tertiary/aromatic N) is 1. The van der Waals surface area contributed by atoms with Crippen molar-refractivity contribution in [3.05, 3.63) is 11.6 Å². The minimum Gasteiger partial charge on any atom is -0.411 e. The van der Waals surface area contributed by atoms with Crippen molar-refractivity contribution in [2.75, 3.05) is 0 Å². The fourth-order valence-electron chi connectivity index (χ4n) is 8.19. The van der Waals surface area contributed by atoms with Gasteiger partial charge in [0.15, 0.2) is 0 Å². The first-order valence-corrected chi connectivity index (χ1v) is 12.8. The molecule has 2 heteroatoms. The van der Waals surface area contributed by atoms with Gasteiger partial charge in [0.25, 0.3) is 0 Å². The lowest BCUT2D eigenvalue weighted by Gasteiger charge is -2.51. The Kier molecular flexibility index (Phi) is 6.47. The second kappa shape index (κ2) is 8.75. The van der Waals surface area contributed by atoms with Crippen molar-refractivity contribution in [1.82, 2.24) is 0 Å². The third kappa shape index (κ3) is 4.19. The molecule has 0 radical (unpaired) electrons. The monoisotopic (exact) mass is 399 g/mol. The molecule has 2 bridgehead atoms. The molecule has 164 valence electrons. The predicted octanol–water partition coefficient (Wildman–Crippen LogP) is 7.86. The maximum Gasteiger partial charge on any atom is 0.0795 e. The summed E-state index contributed by atoms with van der Waals surface area (Å²) >= 11 is 0. The topological polar surface area (TPSA) is 32.6 Å². The zero-order valence-corrected chi connectivity index (χ0v) is 19.5. The van der Waals surface area contributed by atoms with Gasteiger partial charge in [-0.1, -0.05) is 57.7 Å². The first-order chi connectivity index (χ1) is 13.9. The third-order valence-electron chi connectivity index (χ3n) is 9.89. The maximum absolute atomic E-state index is 9.28. The summed E-state index contributed by atoms with van der Waals surface area (Å²) in [4.78, 5) is 0. The molecule has 0 aliphatic heterocycles. The Labute approximate surface area is 179 Å². The van der Waals surface area contributed by atoms with E-state index < -0.39 is 0 Å². The van der Waals surface area contributed by atoms with E-state index in [1.165, 1.54) is 70.6 Å². The Morgan fingerprint density at radius 1 is 1.03 bits per heavy atom. The van der Waals surface area contributed by atoms with Crippen molar-refractivity contribution in [2.24, 2.45) is 52.0 Å². The second-order valence-corrected chi connectivity index (χ2v) is 11.9. The Balaban J connectivity index is 1.46. The number of oxime groups is 1. The van der Waals surface area contributed by atoms with Crippen LogP contribution >= 0.6 is 0 Å². The molecule has 0 aromatic carbocycles. The van der Waals surface area contributed by atoms with Gasteiger partial charge in [-0.25, -0.2) is 0 Å². The van der Waals surface area contributed by atoms with Gasteiger partial charge in [-0.2, -0.15) is 0 Å². The van der Waals surface area contributed by atoms with Crippen LogP contribution in [0.1, 0.15) is 105 Å². The van der Waals surface area contributed by atoms with Crippen LogP contribution in [0, 0.1) is 46.8 Å². The highest BCUT2D eigenvalue weighted by molar-refractivity contribution is 5.96. The highest BCUT2D eigenvalue weighted by Crippen LogP contribution is 2.60. The molecule has 0 unspecified atom stereocenters. The summed E-state index contributed by atoms with van der Waals surface area (Å²) < 4.78 is 0. The van der Waals surface area contributed by atoms with Crippen LogP contribution in [0.3, 0.4) is 0 Å². The van der Waals surface area contributed by atoms with Crippen LogP contribution in [0.15, 0.2) is 16.8 Å². The molecular formula is C27H45NO. The lowest BCUT2D eigenvalue weighted by atomic mass is 9.53. The Morgan fingerprint density at radius 3 is 2.59 bits per heavy atom. The summed E-state index contributed by atoms with van der Waals surface area (Å²) in [5.74, 6) is 6.55. The third-order valence-corrected chi connectivity index (χ3v) is 9.89. The minimum absolute atomic E-state index is 0.368. The summed E-state index contributed by atoms with van der Waals surface area (Å²) in [7, 11) is 0. The fourth-order valence-corrected chi connectivity index (χ4v) is 8.19. The van der Waals surface area contributed by atoms with Crippen LogP contribution in [0.5, 0.6) is 0 Å². The van der Waals surface area contributed by atoms with E-state index in [4.69, 9.17) is 0 Å². The zero-order chi connectivity index (χ0) is 20.6. The van der Waals surface area contributed by atoms with Gasteiger partial charge >= 0.3 is 0 Å². The molecule has 0 heterocycles. The van der Waals surface area contributed by atoms with Crippen molar-refractivity contribution in [1.29, 1.82) is 0 Å². The summed E-state index contributed by atoms with van der Waals surface area (Å²) in [6, 6.07) is 0. The van der Waals surface area contributed by atoms with Crippen LogP contribution in [0.25, 0.3) is 0 Å². The summed E-state index contributed by atoms with van der Waals surface area (Å²) in [6.45, 7) is 9.87. The van der Waals surface area contributed by atoms with E-state index >= 15 is 0 Å². The van der Waals surface area contributed by atoms with Gasteiger partial charge in [-0.3, -0.25) is 0 Å². The van der Waals surface area contributed by atoms with Crippen LogP contribution in [-0.4, -0.2) is 10.9 Å². The molecule has 4 aliphatic carbocycles. The lowest BCUT2D eigenvalue weighted by Crippen LogP contribution is -2.43. The SMILES string of the molecule is CC(C)CCC[C@@H](C)[C@H]1CC[C@@H]2C[C@H]1CC[C@H]1[C@H]2CCC2=C/C(=N\O)CC[C@@]21C. The standard InChI is InChI=1S/C27H45NO/c1-18(2)6-5-7-19(3)24-11-8-21-16-20(24)9-13-26-25(21)12-10-22-17-23(28-29)14-15-27(22,26)4/h17-21,24-26,29H,5-16H2,1-4H3/b28-23-/t19-,20-,21-,24-,25+,26+,27+/m1/s1. The van der Waals surface area contributed by atoms with Gasteiger partial charge in [0.2, 0.25) is 0 Å². The molecule has 29 heavy (non-hydrogen) atoms. The molecule has 0 saturated heterocycles. The van der Waals surface area contributed by atoms with Crippen molar-refractivity contribution in [3.63, 3.8) is 0 Å². The van der Waals surface area contributed by atoms with Crippen LogP contribution < -0.4 is 0 Å². The minimum atomic E-state index is 0.368. The number of allylic oxidation sites excluding steroid dienone is 2. The Bertz CT molecular complexity index is 634. The largest absolute Gasteiger partial charge is 0.411 e. The first kappa shape index (κ1) is 21.4. The molecule has 3 saturated carbocycles. The first-order valence-electron chi connectivity index (χ1n) is 12.8. The van der Waals surface area contributed by atoms with Gasteiger partial charge in [0.05, 0.1) is 5.71 Å². The predicted molar refractivity (Wildman–Crippen MR) is 122 cm³/mol. The molecule has 4 aliphatic rings. The molecule has 2 nitrogen and oxygen atoms in total. The molecule has 0 spiro atoms.